The highest BCUT2D eigenvalue weighted by molar-refractivity contribution is 5.96. The van der Waals surface area contributed by atoms with Crippen LogP contribution < -0.4 is 16.4 Å². The Morgan fingerprint density at radius 1 is 1.45 bits per heavy atom. The molecule has 0 spiro atoms. The molecule has 2 unspecified atom stereocenters. The fourth-order valence-electron chi connectivity index (χ4n) is 2.60. The lowest BCUT2D eigenvalue weighted by atomic mass is 10.1. The van der Waals surface area contributed by atoms with Crippen LogP contribution in [-0.4, -0.2) is 31.7 Å². The number of nitrogens with two attached hydrogens (primary N) is 1. The second kappa shape index (κ2) is 6.61. The molecule has 0 heterocycles. The normalized spacial score (nSPS) is 21.7. The van der Waals surface area contributed by atoms with Gasteiger partial charge in [0.25, 0.3) is 5.91 Å². The summed E-state index contributed by atoms with van der Waals surface area (Å²) in [4.78, 5) is 11.7. The third-order valence-corrected chi connectivity index (χ3v) is 3.73. The first-order valence-electron chi connectivity index (χ1n) is 7.11. The Morgan fingerprint density at radius 2 is 2.25 bits per heavy atom. The Hall–Kier alpha value is -1.75. The van der Waals surface area contributed by atoms with Gasteiger partial charge in [-0.25, -0.2) is 0 Å². The van der Waals surface area contributed by atoms with Crippen LogP contribution in [0.15, 0.2) is 18.2 Å². The number of carbonyl (C=O) groups is 1. The third kappa shape index (κ3) is 3.42. The maximum atomic E-state index is 11.7. The van der Waals surface area contributed by atoms with Crippen molar-refractivity contribution in [2.75, 3.05) is 24.7 Å². The summed E-state index contributed by atoms with van der Waals surface area (Å²) in [6, 6.07) is 5.78. The van der Waals surface area contributed by atoms with E-state index >= 15 is 0 Å². The van der Waals surface area contributed by atoms with Crippen molar-refractivity contribution < 1.29 is 9.53 Å². The Balaban J connectivity index is 2.01. The largest absolute Gasteiger partial charge is 0.397 e. The molecule has 1 fully saturated rings. The highest BCUT2D eigenvalue weighted by Gasteiger charge is 2.24. The van der Waals surface area contributed by atoms with Gasteiger partial charge in [-0.3, -0.25) is 4.79 Å². The summed E-state index contributed by atoms with van der Waals surface area (Å²) in [6.45, 7) is 2.50. The second-order valence-corrected chi connectivity index (χ2v) is 5.17. The molecule has 1 aromatic rings. The van der Waals surface area contributed by atoms with Gasteiger partial charge < -0.3 is 21.1 Å². The Bertz CT molecular complexity index is 476. The molecule has 1 saturated carbocycles. The Morgan fingerprint density at radius 3 is 2.85 bits per heavy atom. The number of carbonyl (C=O) groups excluding carboxylic acids is 1. The number of nitrogen functional groups attached to an aromatic ring is 1. The minimum absolute atomic E-state index is 0.0916. The van der Waals surface area contributed by atoms with Crippen LogP contribution in [0.2, 0.25) is 0 Å². The van der Waals surface area contributed by atoms with Crippen LogP contribution in [0.1, 0.15) is 36.5 Å². The molecule has 2 atom stereocenters. The van der Waals surface area contributed by atoms with E-state index in [1.165, 1.54) is 0 Å². The molecular formula is C15H23N3O2. The van der Waals surface area contributed by atoms with Crippen molar-refractivity contribution in [3.8, 4) is 0 Å². The lowest BCUT2D eigenvalue weighted by Gasteiger charge is -2.16. The zero-order valence-electron chi connectivity index (χ0n) is 12.1. The topological polar surface area (TPSA) is 76.4 Å². The first kappa shape index (κ1) is 14.7. The average Bonchev–Trinajstić information content (AvgIpc) is 2.89. The van der Waals surface area contributed by atoms with Crippen molar-refractivity contribution in [2.24, 2.45) is 0 Å². The van der Waals surface area contributed by atoms with E-state index in [4.69, 9.17) is 10.5 Å². The molecule has 1 aliphatic carbocycles. The summed E-state index contributed by atoms with van der Waals surface area (Å²) in [7, 11) is 1.75. The van der Waals surface area contributed by atoms with E-state index in [9.17, 15) is 4.79 Å². The number of hydrogen-bond donors (Lipinski definition) is 3. The molecule has 20 heavy (non-hydrogen) atoms. The first-order chi connectivity index (χ1) is 9.63. The fourth-order valence-corrected chi connectivity index (χ4v) is 2.60. The summed E-state index contributed by atoms with van der Waals surface area (Å²) in [5.74, 6) is -0.0916. The average molecular weight is 277 g/mol. The summed E-state index contributed by atoms with van der Waals surface area (Å²) in [6.07, 6.45) is 3.48. The van der Waals surface area contributed by atoms with Crippen LogP contribution in [0.4, 0.5) is 11.4 Å². The van der Waals surface area contributed by atoms with Gasteiger partial charge in [0.05, 0.1) is 17.5 Å². The van der Waals surface area contributed by atoms with Gasteiger partial charge in [-0.15, -0.1) is 0 Å². The summed E-state index contributed by atoms with van der Waals surface area (Å²) in [5.41, 5.74) is 8.12. The first-order valence-corrected chi connectivity index (χ1v) is 7.11. The highest BCUT2D eigenvalue weighted by Crippen LogP contribution is 2.27. The lowest BCUT2D eigenvalue weighted by molar-refractivity contribution is 0.0956. The molecule has 5 nitrogen and oxygen atoms in total. The van der Waals surface area contributed by atoms with Crippen LogP contribution >= 0.6 is 0 Å². The van der Waals surface area contributed by atoms with Gasteiger partial charge in [-0.1, -0.05) is 0 Å². The van der Waals surface area contributed by atoms with E-state index in [0.717, 1.165) is 24.9 Å². The van der Waals surface area contributed by atoms with E-state index in [2.05, 4.69) is 10.6 Å². The molecule has 0 aliphatic heterocycles. The van der Waals surface area contributed by atoms with Crippen LogP contribution in [0.25, 0.3) is 0 Å². The predicted molar refractivity (Wildman–Crippen MR) is 80.9 cm³/mol. The van der Waals surface area contributed by atoms with Crippen molar-refractivity contribution in [3.05, 3.63) is 23.8 Å². The molecule has 0 aromatic heterocycles. The van der Waals surface area contributed by atoms with Crippen LogP contribution in [0.5, 0.6) is 0 Å². The Kier molecular flexibility index (Phi) is 4.84. The lowest BCUT2D eigenvalue weighted by Crippen LogP contribution is -2.23. The number of hydrogen-bond acceptors (Lipinski definition) is 4. The summed E-state index contributed by atoms with van der Waals surface area (Å²) < 4.78 is 5.36. The van der Waals surface area contributed by atoms with Gasteiger partial charge in [0.2, 0.25) is 0 Å². The predicted octanol–water partition coefficient (Wildman–Crippen LogP) is 2.00. The van der Waals surface area contributed by atoms with Gasteiger partial charge >= 0.3 is 0 Å². The summed E-state index contributed by atoms with van der Waals surface area (Å²) >= 11 is 0. The van der Waals surface area contributed by atoms with Gasteiger partial charge in [0, 0.05) is 25.3 Å². The third-order valence-electron chi connectivity index (χ3n) is 3.73. The van der Waals surface area contributed by atoms with Gasteiger partial charge in [-0.05, 0) is 44.4 Å². The van der Waals surface area contributed by atoms with Crippen molar-refractivity contribution in [1.82, 2.24) is 5.32 Å². The van der Waals surface area contributed by atoms with E-state index in [-0.39, 0.29) is 5.91 Å². The monoisotopic (exact) mass is 277 g/mol. The highest BCUT2D eigenvalue weighted by atomic mass is 16.5. The zero-order chi connectivity index (χ0) is 14.5. The van der Waals surface area contributed by atoms with Gasteiger partial charge in [0.15, 0.2) is 0 Å². The minimum Gasteiger partial charge on any atom is -0.397 e. The molecule has 4 N–H and O–H groups in total. The number of anilines is 2. The minimum atomic E-state index is -0.0916. The molecule has 1 aliphatic rings. The van der Waals surface area contributed by atoms with E-state index in [1.54, 1.807) is 19.2 Å². The number of methoxy groups -OCH3 is 1. The molecular weight excluding hydrogens is 254 g/mol. The van der Waals surface area contributed by atoms with Crippen molar-refractivity contribution in [3.63, 3.8) is 0 Å². The van der Waals surface area contributed by atoms with Crippen LogP contribution in [-0.2, 0) is 4.74 Å². The standard InChI is InChI=1S/C15H23N3O2/c1-3-17-15(19)10-4-7-14(13(16)8-10)18-11-5-6-12(9-11)20-2/h4,7-8,11-12,18H,3,5-6,9,16H2,1-2H3,(H,17,19). The molecule has 2 rings (SSSR count). The number of rotatable bonds is 5. The van der Waals surface area contributed by atoms with E-state index < -0.39 is 0 Å². The molecule has 0 bridgehead atoms. The number of benzene rings is 1. The van der Waals surface area contributed by atoms with Crippen LogP contribution in [0.3, 0.4) is 0 Å². The van der Waals surface area contributed by atoms with Crippen LogP contribution in [0, 0.1) is 0 Å². The van der Waals surface area contributed by atoms with E-state index in [0.29, 0.717) is 29.9 Å². The number of nitrogens with one attached hydrogen (secondary N) is 2. The smallest absolute Gasteiger partial charge is 0.251 e. The maximum absolute atomic E-state index is 11.7. The quantitative estimate of drug-likeness (QED) is 0.719. The van der Waals surface area contributed by atoms with Crippen molar-refractivity contribution >= 4 is 17.3 Å². The SMILES string of the molecule is CCNC(=O)c1ccc(NC2CCC(OC)C2)c(N)c1. The zero-order valence-corrected chi connectivity index (χ0v) is 12.1. The van der Waals surface area contributed by atoms with Crippen molar-refractivity contribution in [2.45, 2.75) is 38.3 Å². The fraction of sp³-hybridized carbons (Fsp3) is 0.533. The second-order valence-electron chi connectivity index (χ2n) is 5.17. The van der Waals surface area contributed by atoms with Gasteiger partial charge in [0.1, 0.15) is 0 Å². The van der Waals surface area contributed by atoms with Crippen molar-refractivity contribution in [1.29, 1.82) is 0 Å². The summed E-state index contributed by atoms with van der Waals surface area (Å²) in [5, 5.41) is 6.20. The molecule has 1 aromatic carbocycles. The van der Waals surface area contributed by atoms with Gasteiger partial charge in [-0.2, -0.15) is 0 Å². The van der Waals surface area contributed by atoms with E-state index in [1.807, 2.05) is 13.0 Å². The number of amides is 1. The Labute approximate surface area is 119 Å². The molecule has 5 heteroatoms. The molecule has 0 saturated heterocycles. The molecule has 0 radical (unpaired) electrons. The maximum Gasteiger partial charge on any atom is 0.251 e. The molecule has 110 valence electrons. The molecule has 1 amide bonds. The number of ether oxygens (including phenoxy) is 1.